The minimum Gasteiger partial charge on any atom is -0.468 e. The molecule has 2 amide bonds. The summed E-state index contributed by atoms with van der Waals surface area (Å²) in [6.07, 6.45) is 0.234. The lowest BCUT2D eigenvalue weighted by Gasteiger charge is -2.19. The van der Waals surface area contributed by atoms with E-state index in [1.165, 1.54) is 12.0 Å². The molecule has 1 aliphatic heterocycles. The van der Waals surface area contributed by atoms with Gasteiger partial charge >= 0.3 is 5.97 Å². The molecule has 0 aliphatic carbocycles. The quantitative estimate of drug-likeness (QED) is 0.622. The molecule has 1 aliphatic rings. The van der Waals surface area contributed by atoms with Crippen molar-refractivity contribution in [2.24, 2.45) is 5.92 Å². The van der Waals surface area contributed by atoms with E-state index < -0.39 is 5.97 Å². The Morgan fingerprint density at radius 1 is 1.53 bits per heavy atom. The normalized spacial score (nSPS) is 19.4. The lowest BCUT2D eigenvalue weighted by atomic mass is 10.1. The highest BCUT2D eigenvalue weighted by Crippen LogP contribution is 2.19. The number of carbonyl (C=O) groups is 3. The van der Waals surface area contributed by atoms with Gasteiger partial charge in [0.05, 0.1) is 13.0 Å². The van der Waals surface area contributed by atoms with Gasteiger partial charge in [0.2, 0.25) is 11.8 Å². The SMILES string of the molecule is CCN1CC(C(=O)N(C)CC(=O)OC)CC1=O. The molecule has 1 rings (SSSR count). The number of nitrogens with zero attached hydrogens (tertiary/aromatic N) is 2. The Morgan fingerprint density at radius 3 is 2.65 bits per heavy atom. The number of amides is 2. The molecule has 0 aromatic heterocycles. The molecule has 0 bridgehead atoms. The summed E-state index contributed by atoms with van der Waals surface area (Å²) in [4.78, 5) is 37.4. The molecule has 1 unspecified atom stereocenters. The van der Waals surface area contributed by atoms with Crippen LogP contribution in [0.15, 0.2) is 0 Å². The van der Waals surface area contributed by atoms with E-state index in [0.717, 1.165) is 0 Å². The fourth-order valence-corrected chi connectivity index (χ4v) is 1.89. The maximum Gasteiger partial charge on any atom is 0.325 e. The van der Waals surface area contributed by atoms with E-state index >= 15 is 0 Å². The van der Waals surface area contributed by atoms with E-state index in [9.17, 15) is 14.4 Å². The van der Waals surface area contributed by atoms with Gasteiger partial charge in [-0.15, -0.1) is 0 Å². The number of esters is 1. The highest BCUT2D eigenvalue weighted by atomic mass is 16.5. The van der Waals surface area contributed by atoms with Gasteiger partial charge in [-0.2, -0.15) is 0 Å². The van der Waals surface area contributed by atoms with Gasteiger partial charge < -0.3 is 14.5 Å². The minimum atomic E-state index is -0.461. The fourth-order valence-electron chi connectivity index (χ4n) is 1.89. The van der Waals surface area contributed by atoms with Crippen LogP contribution in [0.25, 0.3) is 0 Å². The van der Waals surface area contributed by atoms with Crippen molar-refractivity contribution in [2.75, 3.05) is 33.8 Å². The molecular weight excluding hydrogens is 224 g/mol. The first-order chi connectivity index (χ1) is 7.99. The van der Waals surface area contributed by atoms with Crippen LogP contribution in [0.4, 0.5) is 0 Å². The summed E-state index contributed by atoms with van der Waals surface area (Å²) in [5.74, 6) is -0.980. The molecule has 0 N–H and O–H groups in total. The summed E-state index contributed by atoms with van der Waals surface area (Å²) in [5, 5.41) is 0. The summed E-state index contributed by atoms with van der Waals surface area (Å²) >= 11 is 0. The smallest absolute Gasteiger partial charge is 0.325 e. The molecule has 96 valence electrons. The van der Waals surface area contributed by atoms with Crippen LogP contribution in [0, 0.1) is 5.92 Å². The van der Waals surface area contributed by atoms with Crippen molar-refractivity contribution in [3.8, 4) is 0 Å². The number of hydrogen-bond donors (Lipinski definition) is 0. The van der Waals surface area contributed by atoms with E-state index in [1.807, 2.05) is 6.92 Å². The van der Waals surface area contributed by atoms with E-state index in [4.69, 9.17) is 0 Å². The fraction of sp³-hybridized carbons (Fsp3) is 0.727. The summed E-state index contributed by atoms with van der Waals surface area (Å²) in [5.41, 5.74) is 0. The third-order valence-corrected chi connectivity index (χ3v) is 2.92. The second kappa shape index (κ2) is 5.65. The van der Waals surface area contributed by atoms with Crippen molar-refractivity contribution in [1.29, 1.82) is 0 Å². The van der Waals surface area contributed by atoms with Gasteiger partial charge in [-0.25, -0.2) is 0 Å². The van der Waals surface area contributed by atoms with Crippen LogP contribution in [0.5, 0.6) is 0 Å². The number of ether oxygens (including phenoxy) is 1. The molecule has 1 heterocycles. The third-order valence-electron chi connectivity index (χ3n) is 2.92. The second-order valence-electron chi connectivity index (χ2n) is 4.10. The Balaban J connectivity index is 2.54. The van der Waals surface area contributed by atoms with E-state index in [1.54, 1.807) is 11.9 Å². The lowest BCUT2D eigenvalue weighted by Crippen LogP contribution is -2.38. The zero-order valence-corrected chi connectivity index (χ0v) is 10.4. The Bertz CT molecular complexity index is 329. The first-order valence-electron chi connectivity index (χ1n) is 5.59. The van der Waals surface area contributed by atoms with Crippen molar-refractivity contribution < 1.29 is 19.1 Å². The van der Waals surface area contributed by atoms with E-state index in [2.05, 4.69) is 4.74 Å². The summed E-state index contributed by atoms with van der Waals surface area (Å²) in [6, 6.07) is 0. The number of likely N-dealkylation sites (tertiary alicyclic amines) is 1. The average molecular weight is 242 g/mol. The van der Waals surface area contributed by atoms with Crippen LogP contribution >= 0.6 is 0 Å². The monoisotopic (exact) mass is 242 g/mol. The van der Waals surface area contributed by atoms with Crippen molar-refractivity contribution >= 4 is 17.8 Å². The predicted octanol–water partition coefficient (Wildman–Crippen LogP) is -0.514. The Morgan fingerprint density at radius 2 is 2.18 bits per heavy atom. The first-order valence-corrected chi connectivity index (χ1v) is 5.59. The summed E-state index contributed by atoms with van der Waals surface area (Å²) in [7, 11) is 2.82. The zero-order valence-electron chi connectivity index (χ0n) is 10.4. The molecule has 0 spiro atoms. The molecule has 17 heavy (non-hydrogen) atoms. The maximum atomic E-state index is 11.9. The molecule has 1 saturated heterocycles. The topological polar surface area (TPSA) is 66.9 Å². The lowest BCUT2D eigenvalue weighted by molar-refractivity contribution is -0.147. The van der Waals surface area contributed by atoms with Crippen LogP contribution in [-0.2, 0) is 19.1 Å². The molecule has 0 aromatic carbocycles. The number of likely N-dealkylation sites (N-methyl/N-ethyl adjacent to an activating group) is 1. The second-order valence-corrected chi connectivity index (χ2v) is 4.10. The summed E-state index contributed by atoms with van der Waals surface area (Å²) in [6.45, 7) is 2.86. The number of rotatable bonds is 4. The molecule has 6 nitrogen and oxygen atoms in total. The maximum absolute atomic E-state index is 11.9. The number of carbonyl (C=O) groups excluding carboxylic acids is 3. The molecule has 0 aromatic rings. The van der Waals surface area contributed by atoms with Gasteiger partial charge in [-0.05, 0) is 6.92 Å². The Hall–Kier alpha value is -1.59. The molecule has 6 heteroatoms. The predicted molar refractivity (Wildman–Crippen MR) is 60.0 cm³/mol. The van der Waals surface area contributed by atoms with Crippen LogP contribution < -0.4 is 0 Å². The number of methoxy groups -OCH3 is 1. The van der Waals surface area contributed by atoms with E-state index in [0.29, 0.717) is 13.1 Å². The van der Waals surface area contributed by atoms with Gasteiger partial charge in [-0.1, -0.05) is 0 Å². The summed E-state index contributed by atoms with van der Waals surface area (Å²) < 4.78 is 4.49. The van der Waals surface area contributed by atoms with Gasteiger partial charge in [-0.3, -0.25) is 14.4 Å². The highest BCUT2D eigenvalue weighted by Gasteiger charge is 2.35. The van der Waals surface area contributed by atoms with Gasteiger partial charge in [0, 0.05) is 26.6 Å². The minimum absolute atomic E-state index is 0.00248. The Labute approximate surface area is 101 Å². The molecule has 0 radical (unpaired) electrons. The van der Waals surface area contributed by atoms with Crippen LogP contribution in [0.1, 0.15) is 13.3 Å². The average Bonchev–Trinajstić information content (AvgIpc) is 2.69. The largest absolute Gasteiger partial charge is 0.468 e. The van der Waals surface area contributed by atoms with Crippen LogP contribution in [0.2, 0.25) is 0 Å². The molecule has 0 saturated carbocycles. The molecular formula is C11H18N2O4. The van der Waals surface area contributed by atoms with Gasteiger partial charge in [0.1, 0.15) is 6.54 Å². The van der Waals surface area contributed by atoms with Crippen LogP contribution in [0.3, 0.4) is 0 Å². The standard InChI is InChI=1S/C11H18N2O4/c1-4-13-6-8(5-9(13)14)11(16)12(2)7-10(15)17-3/h8H,4-7H2,1-3H3. The molecule has 1 fully saturated rings. The third kappa shape index (κ3) is 3.18. The first kappa shape index (κ1) is 13.5. The Kier molecular flexibility index (Phi) is 4.48. The molecule has 1 atom stereocenters. The highest BCUT2D eigenvalue weighted by molar-refractivity contribution is 5.90. The van der Waals surface area contributed by atoms with Crippen molar-refractivity contribution in [1.82, 2.24) is 9.80 Å². The zero-order chi connectivity index (χ0) is 13.0. The van der Waals surface area contributed by atoms with Crippen molar-refractivity contribution in [2.45, 2.75) is 13.3 Å². The van der Waals surface area contributed by atoms with Crippen LogP contribution in [-0.4, -0.2) is 61.4 Å². The van der Waals surface area contributed by atoms with Gasteiger partial charge in [0.15, 0.2) is 0 Å². The van der Waals surface area contributed by atoms with Crippen molar-refractivity contribution in [3.63, 3.8) is 0 Å². The van der Waals surface area contributed by atoms with Crippen molar-refractivity contribution in [3.05, 3.63) is 0 Å². The number of hydrogen-bond acceptors (Lipinski definition) is 4. The van der Waals surface area contributed by atoms with Gasteiger partial charge in [0.25, 0.3) is 0 Å². The van der Waals surface area contributed by atoms with E-state index in [-0.39, 0.29) is 30.7 Å².